The van der Waals surface area contributed by atoms with Crippen LogP contribution in [-0.2, 0) is 9.53 Å². The van der Waals surface area contributed by atoms with Gasteiger partial charge in [-0.15, -0.1) is 0 Å². The van der Waals surface area contributed by atoms with Gasteiger partial charge in [0, 0.05) is 6.42 Å². The van der Waals surface area contributed by atoms with Gasteiger partial charge in [-0.3, -0.25) is 4.79 Å². The fourth-order valence-electron chi connectivity index (χ4n) is 1.46. The smallest absolute Gasteiger partial charge is 0.388 e. The van der Waals surface area contributed by atoms with Crippen LogP contribution in [0, 0.1) is 0 Å². The van der Waals surface area contributed by atoms with Crippen LogP contribution >= 0.6 is 0 Å². The Hall–Kier alpha value is -0.860. The van der Waals surface area contributed by atoms with Gasteiger partial charge in [0.05, 0.1) is 12.1 Å². The van der Waals surface area contributed by atoms with E-state index in [-0.39, 0.29) is 6.42 Å². The summed E-state index contributed by atoms with van der Waals surface area (Å²) in [5.74, 6) is -2.14. The van der Waals surface area contributed by atoms with E-state index in [1.54, 1.807) is 5.32 Å². The lowest BCUT2D eigenvalue weighted by molar-refractivity contribution is -0.207. The minimum atomic E-state index is -5.01. The largest absolute Gasteiger partial charge is 0.471 e. The number of hydrogen-bond acceptors (Lipinski definition) is 4. The number of aliphatic hydroxyl groups excluding tert-OH is 2. The van der Waals surface area contributed by atoms with Crippen LogP contribution in [0.25, 0.3) is 0 Å². The Morgan fingerprint density at radius 3 is 2.50 bits per heavy atom. The lowest BCUT2D eigenvalue weighted by Crippen LogP contribution is -2.56. The van der Waals surface area contributed by atoms with Crippen LogP contribution in [0.3, 0.4) is 0 Å². The number of ether oxygens (including phenoxy) is 1. The normalized spacial score (nSPS) is 35.9. The third-order valence-electron chi connectivity index (χ3n) is 2.29. The van der Waals surface area contributed by atoms with Gasteiger partial charge in [0.1, 0.15) is 6.10 Å². The first-order chi connectivity index (χ1) is 7.21. The third-order valence-corrected chi connectivity index (χ3v) is 2.29. The molecule has 1 heterocycles. The van der Waals surface area contributed by atoms with E-state index in [0.29, 0.717) is 0 Å². The zero-order valence-electron chi connectivity index (χ0n) is 8.36. The summed E-state index contributed by atoms with van der Waals surface area (Å²) in [5.41, 5.74) is 0. The summed E-state index contributed by atoms with van der Waals surface area (Å²) in [6.45, 7) is 1.39. The molecule has 0 saturated carbocycles. The molecule has 0 aromatic carbocycles. The highest BCUT2D eigenvalue weighted by molar-refractivity contribution is 5.82. The van der Waals surface area contributed by atoms with E-state index < -0.39 is 36.6 Å². The van der Waals surface area contributed by atoms with Crippen molar-refractivity contribution in [1.29, 1.82) is 0 Å². The van der Waals surface area contributed by atoms with E-state index in [1.807, 2.05) is 0 Å². The Kier molecular flexibility index (Phi) is 3.76. The Balaban J connectivity index is 2.62. The average Bonchev–Trinajstić information content (AvgIpc) is 2.11. The topological polar surface area (TPSA) is 78.8 Å². The highest BCUT2D eigenvalue weighted by Crippen LogP contribution is 2.21. The molecule has 5 nitrogen and oxygen atoms in total. The van der Waals surface area contributed by atoms with Gasteiger partial charge in [0.15, 0.2) is 6.29 Å². The summed E-state index contributed by atoms with van der Waals surface area (Å²) in [6, 6.07) is -1.17. The van der Waals surface area contributed by atoms with Crippen LogP contribution in [0.4, 0.5) is 13.2 Å². The molecule has 0 aromatic rings. The van der Waals surface area contributed by atoms with Gasteiger partial charge in [-0.2, -0.15) is 13.2 Å². The zero-order chi connectivity index (χ0) is 12.5. The van der Waals surface area contributed by atoms with Gasteiger partial charge in [0.25, 0.3) is 0 Å². The fourth-order valence-corrected chi connectivity index (χ4v) is 1.46. The number of carbonyl (C=O) groups excluding carboxylic acids is 1. The van der Waals surface area contributed by atoms with Gasteiger partial charge in [-0.1, -0.05) is 0 Å². The molecule has 0 aliphatic carbocycles. The van der Waals surface area contributed by atoms with Crippen molar-refractivity contribution in [2.24, 2.45) is 0 Å². The van der Waals surface area contributed by atoms with E-state index in [9.17, 15) is 23.1 Å². The summed E-state index contributed by atoms with van der Waals surface area (Å²) < 4.78 is 40.6. The molecule has 1 aliphatic heterocycles. The van der Waals surface area contributed by atoms with Crippen molar-refractivity contribution in [1.82, 2.24) is 5.32 Å². The maximum Gasteiger partial charge on any atom is 0.471 e. The van der Waals surface area contributed by atoms with E-state index in [0.717, 1.165) is 0 Å². The van der Waals surface area contributed by atoms with Crippen LogP contribution in [-0.4, -0.2) is 46.8 Å². The Morgan fingerprint density at radius 2 is 2.00 bits per heavy atom. The second-order valence-electron chi connectivity index (χ2n) is 3.60. The van der Waals surface area contributed by atoms with Gasteiger partial charge in [-0.25, -0.2) is 0 Å². The molecule has 3 unspecified atom stereocenters. The number of hydrogen-bond donors (Lipinski definition) is 3. The van der Waals surface area contributed by atoms with Gasteiger partial charge in [0.2, 0.25) is 0 Å². The quantitative estimate of drug-likeness (QED) is 0.581. The second-order valence-corrected chi connectivity index (χ2v) is 3.60. The first kappa shape index (κ1) is 13.2. The van der Waals surface area contributed by atoms with Gasteiger partial charge < -0.3 is 20.3 Å². The SMILES string of the molecule is CC1OC(O)CC(NC(=O)C(F)(F)F)[C@@H]1O. The van der Waals surface area contributed by atoms with Crippen molar-refractivity contribution in [3.8, 4) is 0 Å². The third kappa shape index (κ3) is 3.06. The zero-order valence-corrected chi connectivity index (χ0v) is 8.36. The predicted octanol–water partition coefficient (Wildman–Crippen LogP) is -0.478. The minimum absolute atomic E-state index is 0.284. The standard InChI is InChI=1S/C8H12F3NO4/c1-3-6(14)4(2-5(13)16-3)12-7(15)8(9,10)11/h3-6,13-14H,2H2,1H3,(H,12,15)/t3?,4?,5?,6-/m1/s1. The molecule has 0 radical (unpaired) electrons. The number of alkyl halides is 3. The van der Waals surface area contributed by atoms with E-state index in [2.05, 4.69) is 0 Å². The molecule has 0 aromatic heterocycles. The number of halogens is 3. The molecule has 1 saturated heterocycles. The Bertz CT molecular complexity index is 270. The minimum Gasteiger partial charge on any atom is -0.388 e. The summed E-state index contributed by atoms with van der Waals surface area (Å²) >= 11 is 0. The summed E-state index contributed by atoms with van der Waals surface area (Å²) in [5, 5.41) is 20.2. The molecular formula is C8H12F3NO4. The van der Waals surface area contributed by atoms with E-state index in [4.69, 9.17) is 9.84 Å². The number of amides is 1. The van der Waals surface area contributed by atoms with Crippen LogP contribution in [0.5, 0.6) is 0 Å². The highest BCUT2D eigenvalue weighted by Gasteiger charge is 2.43. The molecular weight excluding hydrogens is 231 g/mol. The van der Waals surface area contributed by atoms with Crippen LogP contribution < -0.4 is 5.32 Å². The molecule has 94 valence electrons. The van der Waals surface area contributed by atoms with Gasteiger partial charge >= 0.3 is 12.1 Å². The predicted molar refractivity (Wildman–Crippen MR) is 45.2 cm³/mol. The van der Waals surface area contributed by atoms with Crippen molar-refractivity contribution < 1.29 is 32.9 Å². The number of carbonyl (C=O) groups is 1. The molecule has 0 bridgehead atoms. The maximum atomic E-state index is 11.9. The second kappa shape index (κ2) is 4.56. The average molecular weight is 243 g/mol. The monoisotopic (exact) mass is 243 g/mol. The number of aliphatic hydroxyl groups is 2. The van der Waals surface area contributed by atoms with E-state index in [1.165, 1.54) is 6.92 Å². The molecule has 0 spiro atoms. The number of rotatable bonds is 1. The molecule has 16 heavy (non-hydrogen) atoms. The molecule has 1 rings (SSSR count). The first-order valence-corrected chi connectivity index (χ1v) is 4.61. The molecule has 1 amide bonds. The van der Waals surface area contributed by atoms with Crippen molar-refractivity contribution >= 4 is 5.91 Å². The van der Waals surface area contributed by atoms with Crippen LogP contribution in [0.1, 0.15) is 13.3 Å². The molecule has 4 atom stereocenters. The lowest BCUT2D eigenvalue weighted by atomic mass is 9.99. The summed E-state index contributed by atoms with van der Waals surface area (Å²) in [4.78, 5) is 10.6. The molecule has 8 heteroatoms. The highest BCUT2D eigenvalue weighted by atomic mass is 19.4. The summed E-state index contributed by atoms with van der Waals surface area (Å²) in [6.07, 6.45) is -8.71. The van der Waals surface area contributed by atoms with Crippen molar-refractivity contribution in [3.05, 3.63) is 0 Å². The lowest BCUT2D eigenvalue weighted by Gasteiger charge is -2.36. The van der Waals surface area contributed by atoms with Gasteiger partial charge in [-0.05, 0) is 6.92 Å². The summed E-state index contributed by atoms with van der Waals surface area (Å²) in [7, 11) is 0. The molecule has 1 aliphatic rings. The fraction of sp³-hybridized carbons (Fsp3) is 0.875. The number of nitrogens with one attached hydrogen (secondary N) is 1. The Labute approximate surface area is 89.2 Å². The maximum absolute atomic E-state index is 11.9. The molecule has 3 N–H and O–H groups in total. The van der Waals surface area contributed by atoms with E-state index >= 15 is 0 Å². The van der Waals surface area contributed by atoms with Crippen molar-refractivity contribution in [2.75, 3.05) is 0 Å². The van der Waals surface area contributed by atoms with Crippen molar-refractivity contribution in [2.45, 2.75) is 44.1 Å². The van der Waals surface area contributed by atoms with Crippen molar-refractivity contribution in [3.63, 3.8) is 0 Å². The van der Waals surface area contributed by atoms with Crippen LogP contribution in [0.2, 0.25) is 0 Å². The van der Waals surface area contributed by atoms with Crippen LogP contribution in [0.15, 0.2) is 0 Å². The molecule has 1 fully saturated rings. The first-order valence-electron chi connectivity index (χ1n) is 4.61. The Morgan fingerprint density at radius 1 is 1.44 bits per heavy atom.